The van der Waals surface area contributed by atoms with E-state index in [0.29, 0.717) is 6.04 Å². The highest BCUT2D eigenvalue weighted by Gasteiger charge is 2.04. The molecule has 0 aliphatic carbocycles. The van der Waals surface area contributed by atoms with Crippen LogP contribution in [0, 0.1) is 11.8 Å². The summed E-state index contributed by atoms with van der Waals surface area (Å²) in [5.41, 5.74) is 6.01. The molecule has 0 fully saturated rings. The molecule has 0 aromatic heterocycles. The minimum Gasteiger partial charge on any atom is -0.328 e. The highest BCUT2D eigenvalue weighted by atomic mass is 14.6. The molecule has 0 aromatic rings. The summed E-state index contributed by atoms with van der Waals surface area (Å²) in [7, 11) is 0. The third-order valence-electron chi connectivity index (χ3n) is 2.47. The third kappa shape index (κ3) is 9.88. The van der Waals surface area contributed by atoms with E-state index in [4.69, 9.17) is 5.73 Å². The van der Waals surface area contributed by atoms with Crippen molar-refractivity contribution in [2.45, 2.75) is 65.8 Å². The van der Waals surface area contributed by atoms with Crippen LogP contribution in [0.3, 0.4) is 0 Å². The fraction of sp³-hybridized carbons (Fsp3) is 1.00. The van der Waals surface area contributed by atoms with Gasteiger partial charge in [-0.05, 0) is 31.1 Å². The molecule has 0 rings (SSSR count). The molecule has 0 saturated carbocycles. The normalized spacial score (nSPS) is 14.1. The van der Waals surface area contributed by atoms with E-state index in [9.17, 15) is 0 Å². The summed E-state index contributed by atoms with van der Waals surface area (Å²) in [5.74, 6) is 1.63. The van der Waals surface area contributed by atoms with Crippen LogP contribution in [0.4, 0.5) is 0 Å². The van der Waals surface area contributed by atoms with E-state index in [1.54, 1.807) is 0 Å². The average molecular weight is 185 g/mol. The van der Waals surface area contributed by atoms with Gasteiger partial charge in [-0.3, -0.25) is 0 Å². The summed E-state index contributed by atoms with van der Waals surface area (Å²) in [4.78, 5) is 0. The molecule has 0 bridgehead atoms. The first kappa shape index (κ1) is 13.0. The van der Waals surface area contributed by atoms with Crippen LogP contribution >= 0.6 is 0 Å². The summed E-state index contributed by atoms with van der Waals surface area (Å²) in [6, 6.07) is 0.446. The summed E-state index contributed by atoms with van der Waals surface area (Å²) in [6.45, 7) is 9.08. The van der Waals surface area contributed by atoms with Gasteiger partial charge >= 0.3 is 0 Å². The first-order valence-electron chi connectivity index (χ1n) is 5.78. The standard InChI is InChI=1S/C12H27N/c1-10(2)6-5-7-12(13)9-8-11(3)4/h10-12H,5-9,13H2,1-4H3. The Morgan fingerprint density at radius 2 is 1.31 bits per heavy atom. The first-order valence-corrected chi connectivity index (χ1v) is 5.78. The maximum absolute atomic E-state index is 6.01. The quantitative estimate of drug-likeness (QED) is 0.644. The molecule has 0 spiro atoms. The van der Waals surface area contributed by atoms with E-state index in [1.807, 2.05) is 0 Å². The van der Waals surface area contributed by atoms with E-state index < -0.39 is 0 Å². The minimum atomic E-state index is 0.446. The number of hydrogen-bond acceptors (Lipinski definition) is 1. The summed E-state index contributed by atoms with van der Waals surface area (Å²) >= 11 is 0. The second-order valence-electron chi connectivity index (χ2n) is 5.06. The van der Waals surface area contributed by atoms with Crippen LogP contribution in [0.5, 0.6) is 0 Å². The Balaban J connectivity index is 3.25. The average Bonchev–Trinajstić information content (AvgIpc) is 2.00. The molecule has 2 N–H and O–H groups in total. The van der Waals surface area contributed by atoms with E-state index in [1.165, 1.54) is 32.1 Å². The predicted molar refractivity (Wildman–Crippen MR) is 60.7 cm³/mol. The zero-order valence-corrected chi connectivity index (χ0v) is 9.84. The Morgan fingerprint density at radius 1 is 0.769 bits per heavy atom. The van der Waals surface area contributed by atoms with Crippen LogP contribution in [0.1, 0.15) is 59.8 Å². The summed E-state index contributed by atoms with van der Waals surface area (Å²) in [5, 5.41) is 0. The molecule has 80 valence electrons. The Kier molecular flexibility index (Phi) is 7.35. The molecule has 1 atom stereocenters. The molecule has 1 heteroatoms. The summed E-state index contributed by atoms with van der Waals surface area (Å²) < 4.78 is 0. The molecule has 0 heterocycles. The molecule has 0 aliphatic heterocycles. The van der Waals surface area contributed by atoms with Crippen molar-refractivity contribution in [3.05, 3.63) is 0 Å². The lowest BCUT2D eigenvalue weighted by Crippen LogP contribution is -2.20. The van der Waals surface area contributed by atoms with Crippen molar-refractivity contribution in [3.8, 4) is 0 Å². The van der Waals surface area contributed by atoms with Gasteiger partial charge in [0.15, 0.2) is 0 Å². The van der Waals surface area contributed by atoms with Gasteiger partial charge in [0.2, 0.25) is 0 Å². The number of hydrogen-bond donors (Lipinski definition) is 1. The van der Waals surface area contributed by atoms with Crippen molar-refractivity contribution >= 4 is 0 Å². The Hall–Kier alpha value is -0.0400. The number of rotatable bonds is 7. The van der Waals surface area contributed by atoms with Crippen molar-refractivity contribution in [2.24, 2.45) is 17.6 Å². The van der Waals surface area contributed by atoms with Gasteiger partial charge in [0.1, 0.15) is 0 Å². The fourth-order valence-corrected chi connectivity index (χ4v) is 1.48. The van der Waals surface area contributed by atoms with Crippen molar-refractivity contribution in [1.82, 2.24) is 0 Å². The van der Waals surface area contributed by atoms with Gasteiger partial charge in [0.25, 0.3) is 0 Å². The molecule has 0 aromatic carbocycles. The molecular formula is C12H27N. The van der Waals surface area contributed by atoms with Gasteiger partial charge in [-0.2, -0.15) is 0 Å². The molecule has 0 aliphatic rings. The van der Waals surface area contributed by atoms with Crippen LogP contribution in [0.2, 0.25) is 0 Å². The number of nitrogens with two attached hydrogens (primary N) is 1. The van der Waals surface area contributed by atoms with Crippen molar-refractivity contribution in [3.63, 3.8) is 0 Å². The lowest BCUT2D eigenvalue weighted by Gasteiger charge is -2.13. The highest BCUT2D eigenvalue weighted by Crippen LogP contribution is 2.12. The second kappa shape index (κ2) is 7.37. The monoisotopic (exact) mass is 185 g/mol. The van der Waals surface area contributed by atoms with Crippen molar-refractivity contribution < 1.29 is 0 Å². The lowest BCUT2D eigenvalue weighted by atomic mass is 9.98. The van der Waals surface area contributed by atoms with E-state index >= 15 is 0 Å². The third-order valence-corrected chi connectivity index (χ3v) is 2.47. The molecule has 0 radical (unpaired) electrons. The Bertz CT molecular complexity index is 108. The van der Waals surface area contributed by atoms with Crippen LogP contribution in [0.25, 0.3) is 0 Å². The minimum absolute atomic E-state index is 0.446. The maximum Gasteiger partial charge on any atom is 0.00389 e. The molecule has 13 heavy (non-hydrogen) atoms. The van der Waals surface area contributed by atoms with Crippen LogP contribution in [-0.4, -0.2) is 6.04 Å². The topological polar surface area (TPSA) is 26.0 Å². The Labute approximate surface area is 84.1 Å². The van der Waals surface area contributed by atoms with Crippen LogP contribution in [-0.2, 0) is 0 Å². The maximum atomic E-state index is 6.01. The largest absolute Gasteiger partial charge is 0.328 e. The van der Waals surface area contributed by atoms with Gasteiger partial charge in [0.05, 0.1) is 0 Å². The second-order valence-corrected chi connectivity index (χ2v) is 5.06. The predicted octanol–water partition coefficient (Wildman–Crippen LogP) is 3.58. The lowest BCUT2D eigenvalue weighted by molar-refractivity contribution is 0.445. The fourth-order valence-electron chi connectivity index (χ4n) is 1.48. The molecular weight excluding hydrogens is 158 g/mol. The highest BCUT2D eigenvalue weighted by molar-refractivity contribution is 4.63. The van der Waals surface area contributed by atoms with Crippen molar-refractivity contribution in [1.29, 1.82) is 0 Å². The van der Waals surface area contributed by atoms with Crippen LogP contribution in [0.15, 0.2) is 0 Å². The van der Waals surface area contributed by atoms with Crippen molar-refractivity contribution in [2.75, 3.05) is 0 Å². The van der Waals surface area contributed by atoms with E-state index in [0.717, 1.165) is 11.8 Å². The van der Waals surface area contributed by atoms with Gasteiger partial charge in [-0.15, -0.1) is 0 Å². The SMILES string of the molecule is CC(C)CCCC(N)CCC(C)C. The summed E-state index contributed by atoms with van der Waals surface area (Å²) in [6.07, 6.45) is 6.33. The van der Waals surface area contributed by atoms with E-state index in [-0.39, 0.29) is 0 Å². The smallest absolute Gasteiger partial charge is 0.00389 e. The van der Waals surface area contributed by atoms with E-state index in [2.05, 4.69) is 27.7 Å². The molecule has 0 amide bonds. The van der Waals surface area contributed by atoms with Crippen LogP contribution < -0.4 is 5.73 Å². The van der Waals surface area contributed by atoms with Gasteiger partial charge < -0.3 is 5.73 Å². The van der Waals surface area contributed by atoms with Gasteiger partial charge in [0, 0.05) is 6.04 Å². The zero-order valence-electron chi connectivity index (χ0n) is 9.84. The zero-order chi connectivity index (χ0) is 10.3. The molecule has 0 saturated heterocycles. The van der Waals surface area contributed by atoms with Gasteiger partial charge in [-0.1, -0.05) is 40.5 Å². The molecule has 1 nitrogen and oxygen atoms in total. The first-order chi connectivity index (χ1) is 6.02. The van der Waals surface area contributed by atoms with Gasteiger partial charge in [-0.25, -0.2) is 0 Å². The Morgan fingerprint density at radius 3 is 1.77 bits per heavy atom. The molecule has 1 unspecified atom stereocenters.